The lowest BCUT2D eigenvalue weighted by molar-refractivity contribution is -0.137. The van der Waals surface area contributed by atoms with E-state index >= 15 is 0 Å². The molecule has 204 valence electrons. The Labute approximate surface area is 215 Å². The first-order valence-electron chi connectivity index (χ1n) is 13.1. The molecule has 0 aromatic carbocycles. The van der Waals surface area contributed by atoms with Gasteiger partial charge in [-0.3, -0.25) is 14.4 Å². The number of aromatic nitrogens is 4. The number of likely N-dealkylation sites (tertiary alicyclic amines) is 2. The molecule has 9 nitrogen and oxygen atoms in total. The molecule has 2 aliphatic heterocycles. The minimum Gasteiger partial charge on any atom is -0.369 e. The fourth-order valence-electron chi connectivity index (χ4n) is 4.90. The largest absolute Gasteiger partial charge is 0.421 e. The summed E-state index contributed by atoms with van der Waals surface area (Å²) in [7, 11) is 0. The van der Waals surface area contributed by atoms with Gasteiger partial charge in [-0.25, -0.2) is 4.98 Å². The van der Waals surface area contributed by atoms with Crippen molar-refractivity contribution in [1.29, 1.82) is 0 Å². The average molecular weight is 523 g/mol. The zero-order valence-electron chi connectivity index (χ0n) is 21.8. The van der Waals surface area contributed by atoms with Gasteiger partial charge in [0.1, 0.15) is 11.4 Å². The number of hydrogen-bond acceptors (Lipinski definition) is 7. The molecular formula is C25H37F3N8O. The predicted octanol–water partition coefficient (Wildman–Crippen LogP) is 4.60. The highest BCUT2D eigenvalue weighted by Crippen LogP contribution is 2.34. The number of rotatable bonds is 9. The Kier molecular flexibility index (Phi) is 8.56. The summed E-state index contributed by atoms with van der Waals surface area (Å²) < 4.78 is 42.8. The Morgan fingerprint density at radius 2 is 2.00 bits per heavy atom. The summed E-state index contributed by atoms with van der Waals surface area (Å²) in [6.45, 7) is 9.58. The van der Waals surface area contributed by atoms with E-state index in [0.29, 0.717) is 37.7 Å². The van der Waals surface area contributed by atoms with Crippen LogP contribution >= 0.6 is 0 Å². The van der Waals surface area contributed by atoms with Crippen molar-refractivity contribution in [3.05, 3.63) is 23.7 Å². The standard InChI is InChI=1S/C25H37F3N8O/c1-17(2)35-13-9-19(15-35)36-16-21(18(3)33-36)31-24-30-14-20(25(26,27)28)23(32-24)29-10-7-12-34-11-6-4-5-8-22(34)37/h14,16-17,19H,4-13,15H2,1-3H3,(H2,29,30,31,32)/t19-/m1/s1. The van der Waals surface area contributed by atoms with Gasteiger partial charge in [-0.15, -0.1) is 0 Å². The first kappa shape index (κ1) is 27.2. The lowest BCUT2D eigenvalue weighted by atomic mass is 10.2. The van der Waals surface area contributed by atoms with Crippen LogP contribution in [0.3, 0.4) is 0 Å². The third-order valence-corrected chi connectivity index (χ3v) is 7.13. The van der Waals surface area contributed by atoms with Gasteiger partial charge in [-0.05, 0) is 46.5 Å². The minimum atomic E-state index is -4.59. The molecule has 12 heteroatoms. The highest BCUT2D eigenvalue weighted by atomic mass is 19.4. The molecule has 37 heavy (non-hydrogen) atoms. The molecule has 1 amide bonds. The number of halogens is 3. The van der Waals surface area contributed by atoms with Crippen molar-refractivity contribution in [3.63, 3.8) is 0 Å². The van der Waals surface area contributed by atoms with Gasteiger partial charge in [0.25, 0.3) is 0 Å². The maximum Gasteiger partial charge on any atom is 0.421 e. The molecule has 4 rings (SSSR count). The van der Waals surface area contributed by atoms with Gasteiger partial charge in [0.2, 0.25) is 11.9 Å². The minimum absolute atomic E-state index is 0.0658. The normalized spacial score (nSPS) is 19.5. The van der Waals surface area contributed by atoms with Crippen LogP contribution in [-0.2, 0) is 11.0 Å². The van der Waals surface area contributed by atoms with Crippen LogP contribution in [0.5, 0.6) is 0 Å². The van der Waals surface area contributed by atoms with Crippen molar-refractivity contribution in [2.24, 2.45) is 0 Å². The van der Waals surface area contributed by atoms with Crippen molar-refractivity contribution in [3.8, 4) is 0 Å². The second-order valence-electron chi connectivity index (χ2n) is 10.2. The Hall–Kier alpha value is -2.89. The van der Waals surface area contributed by atoms with Crippen LogP contribution < -0.4 is 10.6 Å². The van der Waals surface area contributed by atoms with Crippen LogP contribution in [0.2, 0.25) is 0 Å². The number of anilines is 3. The molecule has 0 unspecified atom stereocenters. The molecule has 2 saturated heterocycles. The molecule has 0 spiro atoms. The smallest absolute Gasteiger partial charge is 0.369 e. The molecule has 0 saturated carbocycles. The van der Waals surface area contributed by atoms with E-state index in [1.807, 2.05) is 17.8 Å². The van der Waals surface area contributed by atoms with Crippen molar-refractivity contribution in [2.45, 2.75) is 77.6 Å². The Morgan fingerprint density at radius 3 is 2.73 bits per heavy atom. The number of nitrogens with zero attached hydrogens (tertiary/aromatic N) is 6. The van der Waals surface area contributed by atoms with Crippen molar-refractivity contribution >= 4 is 23.4 Å². The van der Waals surface area contributed by atoms with Gasteiger partial charge in [0.15, 0.2) is 0 Å². The van der Waals surface area contributed by atoms with Crippen LogP contribution in [0.1, 0.15) is 69.7 Å². The van der Waals surface area contributed by atoms with Crippen LogP contribution in [0.4, 0.5) is 30.6 Å². The molecule has 2 aromatic rings. The summed E-state index contributed by atoms with van der Waals surface area (Å²) in [5, 5.41) is 10.5. The van der Waals surface area contributed by atoms with E-state index in [4.69, 9.17) is 0 Å². The zero-order chi connectivity index (χ0) is 26.6. The summed E-state index contributed by atoms with van der Waals surface area (Å²) in [6.07, 6.45) is 3.03. The lowest BCUT2D eigenvalue weighted by Gasteiger charge is -2.21. The third-order valence-electron chi connectivity index (χ3n) is 7.13. The number of nitrogens with one attached hydrogen (secondary N) is 2. The molecular weight excluding hydrogens is 485 g/mol. The van der Waals surface area contributed by atoms with Crippen LogP contribution in [0, 0.1) is 6.92 Å². The van der Waals surface area contributed by atoms with E-state index in [1.54, 1.807) is 4.90 Å². The first-order valence-corrected chi connectivity index (χ1v) is 13.1. The summed E-state index contributed by atoms with van der Waals surface area (Å²) in [4.78, 5) is 24.4. The zero-order valence-corrected chi connectivity index (χ0v) is 21.8. The highest BCUT2D eigenvalue weighted by Gasteiger charge is 2.35. The van der Waals surface area contributed by atoms with E-state index in [-0.39, 0.29) is 30.3 Å². The Morgan fingerprint density at radius 1 is 1.19 bits per heavy atom. The number of carbonyl (C=O) groups excluding carboxylic acids is 1. The Bertz CT molecular complexity index is 1070. The number of hydrogen-bond donors (Lipinski definition) is 2. The van der Waals surface area contributed by atoms with E-state index in [9.17, 15) is 18.0 Å². The summed E-state index contributed by atoms with van der Waals surface area (Å²) in [6, 6.07) is 0.717. The number of carbonyl (C=O) groups is 1. The molecule has 1 atom stereocenters. The maximum absolute atomic E-state index is 13.6. The fourth-order valence-corrected chi connectivity index (χ4v) is 4.90. The average Bonchev–Trinajstić information content (AvgIpc) is 3.41. The SMILES string of the molecule is Cc1nn([C@@H]2CCN(C(C)C)C2)cc1Nc1ncc(C(F)(F)F)c(NCCCN2CCCCCC2=O)n1. The highest BCUT2D eigenvalue weighted by molar-refractivity contribution is 5.76. The van der Waals surface area contributed by atoms with E-state index in [2.05, 4.69) is 44.4 Å². The maximum atomic E-state index is 13.6. The van der Waals surface area contributed by atoms with Crippen LogP contribution in [0.15, 0.2) is 12.4 Å². The van der Waals surface area contributed by atoms with Crippen LogP contribution in [-0.4, -0.2) is 74.2 Å². The first-order chi connectivity index (χ1) is 17.6. The molecule has 2 aliphatic rings. The third kappa shape index (κ3) is 6.91. The second-order valence-corrected chi connectivity index (χ2v) is 10.2. The summed E-state index contributed by atoms with van der Waals surface area (Å²) >= 11 is 0. The molecule has 4 heterocycles. The van der Waals surface area contributed by atoms with Gasteiger partial charge in [0.05, 0.1) is 17.4 Å². The van der Waals surface area contributed by atoms with Crippen molar-refractivity contribution in [1.82, 2.24) is 29.5 Å². The molecule has 0 radical (unpaired) electrons. The van der Waals surface area contributed by atoms with Gasteiger partial charge >= 0.3 is 6.18 Å². The molecule has 0 aliphatic carbocycles. The second kappa shape index (κ2) is 11.7. The summed E-state index contributed by atoms with van der Waals surface area (Å²) in [5.41, 5.74) is 0.465. The fraction of sp³-hybridized carbons (Fsp3) is 0.680. The number of amides is 1. The Balaban J connectivity index is 1.41. The lowest BCUT2D eigenvalue weighted by Crippen LogP contribution is -2.32. The van der Waals surface area contributed by atoms with E-state index < -0.39 is 11.7 Å². The van der Waals surface area contributed by atoms with Gasteiger partial charge in [-0.1, -0.05) is 6.42 Å². The topological polar surface area (TPSA) is 91.2 Å². The predicted molar refractivity (Wildman–Crippen MR) is 136 cm³/mol. The molecule has 2 aromatic heterocycles. The number of alkyl halides is 3. The van der Waals surface area contributed by atoms with Crippen molar-refractivity contribution in [2.75, 3.05) is 43.4 Å². The quantitative estimate of drug-likeness (QED) is 0.465. The van der Waals surface area contributed by atoms with Gasteiger partial charge in [-0.2, -0.15) is 23.3 Å². The molecule has 2 fully saturated rings. The van der Waals surface area contributed by atoms with Gasteiger partial charge in [0, 0.05) is 57.6 Å². The van der Waals surface area contributed by atoms with E-state index in [0.717, 1.165) is 50.7 Å². The monoisotopic (exact) mass is 522 g/mol. The van der Waals surface area contributed by atoms with Crippen LogP contribution in [0.25, 0.3) is 0 Å². The van der Waals surface area contributed by atoms with E-state index in [1.165, 1.54) is 0 Å². The molecule has 0 bridgehead atoms. The van der Waals surface area contributed by atoms with Gasteiger partial charge < -0.3 is 15.5 Å². The van der Waals surface area contributed by atoms with Crippen molar-refractivity contribution < 1.29 is 18.0 Å². The molecule has 2 N–H and O–H groups in total. The summed E-state index contributed by atoms with van der Waals surface area (Å²) in [5.74, 6) is -0.0934. The number of aryl methyl sites for hydroxylation is 1.